The first-order valence-corrected chi connectivity index (χ1v) is 9.25. The van der Waals surface area contributed by atoms with E-state index < -0.39 is 5.89 Å². The van der Waals surface area contributed by atoms with Crippen LogP contribution in [0.2, 0.25) is 0 Å². The van der Waals surface area contributed by atoms with Crippen LogP contribution in [0, 0.1) is 6.92 Å². The Balaban J connectivity index is 2.10. The molecule has 0 N–H and O–H groups in total. The topological polar surface area (TPSA) is 3.88 Å². The fourth-order valence-corrected chi connectivity index (χ4v) is 3.63. The van der Waals surface area contributed by atoms with Crippen molar-refractivity contribution < 1.29 is 7.31 Å². The first-order valence-electron chi connectivity index (χ1n) is 10.3. The van der Waals surface area contributed by atoms with E-state index in [1.807, 2.05) is 17.7 Å². The molecule has 3 rings (SSSR count). The van der Waals surface area contributed by atoms with Gasteiger partial charge in [-0.15, -0.1) is 0 Å². The molecule has 1 aromatic heterocycles. The number of hydrogen-bond donors (Lipinski definition) is 0. The molecule has 128 valence electrons. The molecular formula is C23H32N+. The highest BCUT2D eigenvalue weighted by Crippen LogP contribution is 2.33. The number of benzene rings is 1. The summed E-state index contributed by atoms with van der Waals surface area (Å²) in [4.78, 5) is 0. The maximum absolute atomic E-state index is 8.90. The van der Waals surface area contributed by atoms with Crippen LogP contribution in [-0.4, -0.2) is 0 Å². The van der Waals surface area contributed by atoms with Gasteiger partial charge in [-0.3, -0.25) is 0 Å². The van der Waals surface area contributed by atoms with Crippen molar-refractivity contribution in [1.29, 1.82) is 0 Å². The molecule has 1 heterocycles. The SMILES string of the molecule is [2H]c1c(C2([2H])CCCCC2)ccc(-c2cc(C(C)(C)C)ccc2C)[n+]1C. The molecular weight excluding hydrogens is 290 g/mol. The molecule has 1 aromatic carbocycles. The zero-order chi connectivity index (χ0) is 19.1. The number of aromatic nitrogens is 1. The Morgan fingerprint density at radius 1 is 1.08 bits per heavy atom. The third-order valence-electron chi connectivity index (χ3n) is 5.27. The molecule has 1 saturated carbocycles. The van der Waals surface area contributed by atoms with Gasteiger partial charge in [-0.1, -0.05) is 52.2 Å². The van der Waals surface area contributed by atoms with Gasteiger partial charge >= 0.3 is 0 Å². The van der Waals surface area contributed by atoms with E-state index in [-0.39, 0.29) is 5.41 Å². The maximum Gasteiger partial charge on any atom is 0.212 e. The Morgan fingerprint density at radius 2 is 1.79 bits per heavy atom. The Bertz CT molecular complexity index is 812. The largest absolute Gasteiger partial charge is 0.212 e. The van der Waals surface area contributed by atoms with Crippen LogP contribution in [0.4, 0.5) is 0 Å². The quantitative estimate of drug-likeness (QED) is 0.612. The molecule has 1 nitrogen and oxygen atoms in total. The Morgan fingerprint density at radius 3 is 2.46 bits per heavy atom. The molecule has 0 atom stereocenters. The fraction of sp³-hybridized carbons (Fsp3) is 0.522. The van der Waals surface area contributed by atoms with Crippen molar-refractivity contribution in [3.05, 3.63) is 53.2 Å². The number of pyridine rings is 1. The van der Waals surface area contributed by atoms with Crippen LogP contribution in [0.15, 0.2) is 36.5 Å². The Kier molecular flexibility index (Phi) is 4.10. The summed E-state index contributed by atoms with van der Waals surface area (Å²) < 4.78 is 19.6. The van der Waals surface area contributed by atoms with Crippen LogP contribution in [0.25, 0.3) is 11.3 Å². The van der Waals surface area contributed by atoms with E-state index >= 15 is 0 Å². The van der Waals surface area contributed by atoms with Crippen LogP contribution in [0.1, 0.15) is 78.2 Å². The molecule has 0 aliphatic heterocycles. The molecule has 0 amide bonds. The maximum atomic E-state index is 8.90. The summed E-state index contributed by atoms with van der Waals surface area (Å²) in [5.41, 5.74) is 5.74. The molecule has 0 unspecified atom stereocenters. The zero-order valence-electron chi connectivity index (χ0n) is 17.9. The summed E-state index contributed by atoms with van der Waals surface area (Å²) in [5, 5.41) is 0. The van der Waals surface area contributed by atoms with Crippen molar-refractivity contribution in [3.8, 4) is 11.3 Å². The van der Waals surface area contributed by atoms with Crippen molar-refractivity contribution in [3.63, 3.8) is 0 Å². The Hall–Kier alpha value is -1.63. The third-order valence-corrected chi connectivity index (χ3v) is 5.27. The van der Waals surface area contributed by atoms with E-state index in [0.717, 1.165) is 36.9 Å². The minimum Gasteiger partial charge on any atom is -0.201 e. The lowest BCUT2D eigenvalue weighted by molar-refractivity contribution is -0.660. The van der Waals surface area contributed by atoms with Gasteiger partial charge in [0.15, 0.2) is 6.17 Å². The lowest BCUT2D eigenvalue weighted by Crippen LogP contribution is -2.32. The van der Waals surface area contributed by atoms with Crippen LogP contribution in [0.3, 0.4) is 0 Å². The summed E-state index contributed by atoms with van der Waals surface area (Å²) in [5.74, 6) is -0.589. The van der Waals surface area contributed by atoms with Crippen LogP contribution in [0.5, 0.6) is 0 Å². The van der Waals surface area contributed by atoms with Crippen molar-refractivity contribution in [2.45, 2.75) is 71.1 Å². The molecule has 0 bridgehead atoms. The zero-order valence-corrected chi connectivity index (χ0v) is 15.9. The number of nitrogens with zero attached hydrogens (tertiary/aromatic N) is 1. The highest BCUT2D eigenvalue weighted by Gasteiger charge is 2.21. The van der Waals surface area contributed by atoms with Gasteiger partial charge in [0.2, 0.25) is 5.69 Å². The lowest BCUT2D eigenvalue weighted by Gasteiger charge is -2.22. The van der Waals surface area contributed by atoms with Crippen LogP contribution in [-0.2, 0) is 12.5 Å². The third kappa shape index (κ3) is 3.55. The standard InChI is InChI=1S/C23H32N/c1-17-11-13-20(23(2,3)4)15-21(17)22-14-12-19(16-24(22)5)18-9-7-6-8-10-18/h11-16,18H,6-10H2,1-5H3/q+1/i16D,18D. The predicted molar refractivity (Wildman–Crippen MR) is 102 cm³/mol. The number of rotatable bonds is 2. The number of hydrogen-bond acceptors (Lipinski definition) is 0. The normalized spacial score (nSPS) is 18.9. The monoisotopic (exact) mass is 324 g/mol. The molecule has 0 spiro atoms. The summed E-state index contributed by atoms with van der Waals surface area (Å²) in [7, 11) is 1.97. The van der Waals surface area contributed by atoms with E-state index in [4.69, 9.17) is 2.74 Å². The summed E-state index contributed by atoms with van der Waals surface area (Å²) in [6, 6.07) is 10.8. The molecule has 1 aliphatic carbocycles. The molecule has 0 saturated heterocycles. The Labute approximate surface area is 150 Å². The average Bonchev–Trinajstić information content (AvgIpc) is 2.57. The average molecular weight is 325 g/mol. The second kappa shape index (κ2) is 6.70. The minimum absolute atomic E-state index is 0.0953. The van der Waals surface area contributed by atoms with E-state index in [0.29, 0.717) is 6.17 Å². The van der Waals surface area contributed by atoms with E-state index in [9.17, 15) is 0 Å². The first kappa shape index (κ1) is 14.7. The van der Waals surface area contributed by atoms with Gasteiger partial charge in [-0.2, -0.15) is 0 Å². The molecule has 0 radical (unpaired) electrons. The van der Waals surface area contributed by atoms with E-state index in [2.05, 4.69) is 52.0 Å². The first-order chi connectivity index (χ1) is 12.1. The smallest absolute Gasteiger partial charge is 0.201 e. The summed E-state index contributed by atoms with van der Waals surface area (Å²) in [6.45, 7) is 8.82. The van der Waals surface area contributed by atoms with Crippen LogP contribution >= 0.6 is 0 Å². The molecule has 1 aliphatic rings. The second-order valence-corrected chi connectivity index (χ2v) is 8.25. The van der Waals surface area contributed by atoms with Gasteiger partial charge < -0.3 is 0 Å². The van der Waals surface area contributed by atoms with Crippen LogP contribution < -0.4 is 4.57 Å². The van der Waals surface area contributed by atoms with E-state index in [1.165, 1.54) is 23.1 Å². The lowest BCUT2D eigenvalue weighted by atomic mass is 9.83. The van der Waals surface area contributed by atoms with Crippen molar-refractivity contribution in [1.82, 2.24) is 0 Å². The molecule has 24 heavy (non-hydrogen) atoms. The fourth-order valence-electron chi connectivity index (χ4n) is 3.63. The van der Waals surface area contributed by atoms with Gasteiger partial charge in [0, 0.05) is 18.6 Å². The highest BCUT2D eigenvalue weighted by molar-refractivity contribution is 5.62. The van der Waals surface area contributed by atoms with Gasteiger partial charge in [-0.25, -0.2) is 4.57 Å². The molecule has 1 fully saturated rings. The van der Waals surface area contributed by atoms with Crippen molar-refractivity contribution >= 4 is 0 Å². The molecule has 2 aromatic rings. The summed E-state index contributed by atoms with van der Waals surface area (Å²) in [6.07, 6.45) is 5.65. The summed E-state index contributed by atoms with van der Waals surface area (Å²) >= 11 is 0. The predicted octanol–water partition coefficient (Wildman–Crippen LogP) is 5.83. The van der Waals surface area contributed by atoms with Gasteiger partial charge in [0.25, 0.3) is 0 Å². The second-order valence-electron chi connectivity index (χ2n) is 8.25. The number of aryl methyl sites for hydroxylation is 1. The van der Waals surface area contributed by atoms with E-state index in [1.54, 1.807) is 0 Å². The van der Waals surface area contributed by atoms with Gasteiger partial charge in [-0.05, 0) is 54.3 Å². The van der Waals surface area contributed by atoms with Gasteiger partial charge in [0.1, 0.15) is 8.42 Å². The highest BCUT2D eigenvalue weighted by atomic mass is 14.9. The van der Waals surface area contributed by atoms with Crippen molar-refractivity contribution in [2.75, 3.05) is 0 Å². The molecule has 1 heteroatoms. The van der Waals surface area contributed by atoms with Crippen molar-refractivity contribution in [2.24, 2.45) is 7.05 Å². The van der Waals surface area contributed by atoms with Gasteiger partial charge in [0.05, 0.1) is 0 Å². The minimum atomic E-state index is -0.589.